The second kappa shape index (κ2) is 8.19. The highest BCUT2D eigenvalue weighted by atomic mass is 16.5. The highest BCUT2D eigenvalue weighted by molar-refractivity contribution is 5.81. The SMILES string of the molecule is Cc1ccc(C(C)C)c(OC(C)C(=O)NCC2=CCCCC2)c1. The molecule has 0 saturated heterocycles. The minimum Gasteiger partial charge on any atom is -0.481 e. The third kappa shape index (κ3) is 5.12. The Bertz CT molecular complexity index is 575. The van der Waals surface area contributed by atoms with Gasteiger partial charge in [0.05, 0.1) is 0 Å². The molecule has 3 heteroatoms. The van der Waals surface area contributed by atoms with Crippen LogP contribution in [-0.4, -0.2) is 18.6 Å². The van der Waals surface area contributed by atoms with Gasteiger partial charge in [-0.15, -0.1) is 0 Å². The first-order valence-electron chi connectivity index (χ1n) is 8.70. The van der Waals surface area contributed by atoms with Crippen LogP contribution in [0.1, 0.15) is 63.5 Å². The molecule has 1 aromatic carbocycles. The van der Waals surface area contributed by atoms with Crippen LogP contribution in [0.4, 0.5) is 0 Å². The zero-order chi connectivity index (χ0) is 16.8. The maximum atomic E-state index is 12.3. The first-order valence-corrected chi connectivity index (χ1v) is 8.70. The molecule has 1 aliphatic carbocycles. The van der Waals surface area contributed by atoms with Crippen LogP contribution in [0.15, 0.2) is 29.8 Å². The highest BCUT2D eigenvalue weighted by Crippen LogP contribution is 2.28. The minimum atomic E-state index is -0.488. The monoisotopic (exact) mass is 315 g/mol. The Hall–Kier alpha value is -1.77. The Morgan fingerprint density at radius 1 is 1.26 bits per heavy atom. The first-order chi connectivity index (χ1) is 11.0. The van der Waals surface area contributed by atoms with E-state index in [1.165, 1.54) is 18.4 Å². The van der Waals surface area contributed by atoms with Gasteiger partial charge in [-0.3, -0.25) is 4.79 Å². The number of amides is 1. The lowest BCUT2D eigenvalue weighted by Gasteiger charge is -2.20. The van der Waals surface area contributed by atoms with Crippen LogP contribution >= 0.6 is 0 Å². The maximum Gasteiger partial charge on any atom is 0.261 e. The fraction of sp³-hybridized carbons (Fsp3) is 0.550. The number of carbonyl (C=O) groups is 1. The standard InChI is InChI=1S/C20H29NO2/c1-14(2)18-11-10-15(3)12-19(18)23-16(4)20(22)21-13-17-8-6-5-7-9-17/h8,10-12,14,16H,5-7,9,13H2,1-4H3,(H,21,22). The summed E-state index contributed by atoms with van der Waals surface area (Å²) in [6.45, 7) is 8.78. The lowest BCUT2D eigenvalue weighted by Crippen LogP contribution is -2.37. The van der Waals surface area contributed by atoms with E-state index in [1.54, 1.807) is 0 Å². The number of hydrogen-bond acceptors (Lipinski definition) is 2. The number of hydrogen-bond donors (Lipinski definition) is 1. The number of rotatable bonds is 6. The van der Waals surface area contributed by atoms with Crippen molar-refractivity contribution in [3.05, 3.63) is 41.0 Å². The van der Waals surface area contributed by atoms with Gasteiger partial charge in [0, 0.05) is 6.54 Å². The lowest BCUT2D eigenvalue weighted by atomic mass is 9.99. The van der Waals surface area contributed by atoms with E-state index < -0.39 is 6.10 Å². The number of allylic oxidation sites excluding steroid dienone is 1. The molecule has 1 aliphatic rings. The van der Waals surface area contributed by atoms with Crippen molar-refractivity contribution in [1.29, 1.82) is 0 Å². The summed E-state index contributed by atoms with van der Waals surface area (Å²) >= 11 is 0. The van der Waals surface area contributed by atoms with Gasteiger partial charge >= 0.3 is 0 Å². The molecule has 1 N–H and O–H groups in total. The van der Waals surface area contributed by atoms with Gasteiger partial charge in [0.15, 0.2) is 6.10 Å². The largest absolute Gasteiger partial charge is 0.481 e. The number of carbonyl (C=O) groups excluding carboxylic acids is 1. The number of nitrogens with one attached hydrogen (secondary N) is 1. The van der Waals surface area contributed by atoms with Crippen molar-refractivity contribution in [2.45, 2.75) is 65.4 Å². The molecule has 126 valence electrons. The third-order valence-corrected chi connectivity index (χ3v) is 4.34. The Morgan fingerprint density at radius 2 is 2.04 bits per heavy atom. The van der Waals surface area contributed by atoms with Gasteiger partial charge in [0.2, 0.25) is 0 Å². The van der Waals surface area contributed by atoms with Crippen molar-refractivity contribution in [2.75, 3.05) is 6.54 Å². The molecule has 0 radical (unpaired) electrons. The molecule has 0 heterocycles. The summed E-state index contributed by atoms with van der Waals surface area (Å²) < 4.78 is 5.96. The Morgan fingerprint density at radius 3 is 2.70 bits per heavy atom. The van der Waals surface area contributed by atoms with Gasteiger partial charge < -0.3 is 10.1 Å². The number of aryl methyl sites for hydroxylation is 1. The maximum absolute atomic E-state index is 12.3. The number of benzene rings is 1. The topological polar surface area (TPSA) is 38.3 Å². The van der Waals surface area contributed by atoms with Crippen LogP contribution in [0.3, 0.4) is 0 Å². The van der Waals surface area contributed by atoms with Crippen LogP contribution in [0, 0.1) is 6.92 Å². The molecule has 0 saturated carbocycles. The summed E-state index contributed by atoms with van der Waals surface area (Å²) in [4.78, 5) is 12.3. The summed E-state index contributed by atoms with van der Waals surface area (Å²) in [6, 6.07) is 6.19. The average Bonchev–Trinajstić information content (AvgIpc) is 2.53. The molecule has 3 nitrogen and oxygen atoms in total. The predicted octanol–water partition coefficient (Wildman–Crippen LogP) is 4.50. The van der Waals surface area contributed by atoms with Crippen molar-refractivity contribution in [1.82, 2.24) is 5.32 Å². The lowest BCUT2D eigenvalue weighted by molar-refractivity contribution is -0.127. The van der Waals surface area contributed by atoms with Gasteiger partial charge in [0.1, 0.15) is 5.75 Å². The molecule has 0 bridgehead atoms. The molecular formula is C20H29NO2. The van der Waals surface area contributed by atoms with Crippen LogP contribution in [0.25, 0.3) is 0 Å². The quantitative estimate of drug-likeness (QED) is 0.785. The Balaban J connectivity index is 1.95. The van der Waals surface area contributed by atoms with E-state index in [2.05, 4.69) is 37.4 Å². The summed E-state index contributed by atoms with van der Waals surface area (Å²) in [5, 5.41) is 3.00. The molecule has 0 aromatic heterocycles. The normalized spacial score (nSPS) is 16.0. The molecule has 2 rings (SSSR count). The van der Waals surface area contributed by atoms with E-state index in [0.29, 0.717) is 12.5 Å². The summed E-state index contributed by atoms with van der Waals surface area (Å²) in [5.41, 5.74) is 3.63. The molecule has 1 atom stereocenters. The molecule has 0 aliphatic heterocycles. The average molecular weight is 315 g/mol. The fourth-order valence-electron chi connectivity index (χ4n) is 2.87. The smallest absolute Gasteiger partial charge is 0.261 e. The van der Waals surface area contributed by atoms with Gasteiger partial charge in [-0.05, 0) is 62.6 Å². The van der Waals surface area contributed by atoms with Crippen molar-refractivity contribution in [3.63, 3.8) is 0 Å². The third-order valence-electron chi connectivity index (χ3n) is 4.34. The molecule has 23 heavy (non-hydrogen) atoms. The van der Waals surface area contributed by atoms with Crippen LogP contribution < -0.4 is 10.1 Å². The van der Waals surface area contributed by atoms with Crippen LogP contribution in [-0.2, 0) is 4.79 Å². The first kappa shape index (κ1) is 17.6. The molecule has 1 amide bonds. The van der Waals surface area contributed by atoms with Crippen LogP contribution in [0.5, 0.6) is 5.75 Å². The van der Waals surface area contributed by atoms with Gasteiger partial charge in [-0.1, -0.05) is 37.6 Å². The second-order valence-corrected chi connectivity index (χ2v) is 6.78. The van der Waals surface area contributed by atoms with Gasteiger partial charge in [-0.25, -0.2) is 0 Å². The molecule has 1 aromatic rings. The zero-order valence-electron chi connectivity index (χ0n) is 14.8. The Labute approximate surface area is 140 Å². The summed E-state index contributed by atoms with van der Waals surface area (Å²) in [7, 11) is 0. The van der Waals surface area contributed by atoms with Crippen molar-refractivity contribution in [3.8, 4) is 5.75 Å². The van der Waals surface area contributed by atoms with E-state index in [-0.39, 0.29) is 5.91 Å². The molecule has 1 unspecified atom stereocenters. The summed E-state index contributed by atoms with van der Waals surface area (Å²) in [6.07, 6.45) is 6.51. The minimum absolute atomic E-state index is 0.0484. The second-order valence-electron chi connectivity index (χ2n) is 6.78. The van der Waals surface area contributed by atoms with E-state index in [4.69, 9.17) is 4.74 Å². The van der Waals surface area contributed by atoms with Crippen molar-refractivity contribution < 1.29 is 9.53 Å². The van der Waals surface area contributed by atoms with Gasteiger partial charge in [-0.2, -0.15) is 0 Å². The molecular weight excluding hydrogens is 286 g/mol. The van der Waals surface area contributed by atoms with Gasteiger partial charge in [0.25, 0.3) is 5.91 Å². The highest BCUT2D eigenvalue weighted by Gasteiger charge is 2.18. The van der Waals surface area contributed by atoms with E-state index >= 15 is 0 Å². The number of ether oxygens (including phenoxy) is 1. The fourth-order valence-corrected chi connectivity index (χ4v) is 2.87. The zero-order valence-corrected chi connectivity index (χ0v) is 14.8. The van der Waals surface area contributed by atoms with E-state index in [1.807, 2.05) is 19.9 Å². The Kier molecular flexibility index (Phi) is 6.26. The van der Waals surface area contributed by atoms with E-state index in [9.17, 15) is 4.79 Å². The van der Waals surface area contributed by atoms with E-state index in [0.717, 1.165) is 29.7 Å². The summed E-state index contributed by atoms with van der Waals surface area (Å²) in [5.74, 6) is 1.14. The molecule has 0 spiro atoms. The van der Waals surface area contributed by atoms with Crippen molar-refractivity contribution in [2.24, 2.45) is 0 Å². The predicted molar refractivity (Wildman–Crippen MR) is 94.9 cm³/mol. The van der Waals surface area contributed by atoms with Crippen LogP contribution in [0.2, 0.25) is 0 Å². The van der Waals surface area contributed by atoms with Crippen molar-refractivity contribution >= 4 is 5.91 Å². The molecule has 0 fully saturated rings.